The van der Waals surface area contributed by atoms with E-state index >= 15 is 0 Å². The van der Waals surface area contributed by atoms with Gasteiger partial charge in [-0.1, -0.05) is 23.6 Å². The fourth-order valence-electron chi connectivity index (χ4n) is 1.21. The molecule has 0 atom stereocenters. The molecule has 2 heteroatoms. The molecule has 1 amide bonds. The molecule has 0 saturated carbocycles. The Hall–Kier alpha value is -1.75. The van der Waals surface area contributed by atoms with Crippen molar-refractivity contribution in [1.82, 2.24) is 4.90 Å². The highest BCUT2D eigenvalue weighted by Crippen LogP contribution is 2.06. The molecule has 1 aromatic carbocycles. The maximum Gasteiger partial charge on any atom is 0.254 e. The molecule has 14 heavy (non-hydrogen) atoms. The zero-order chi connectivity index (χ0) is 10.6. The van der Waals surface area contributed by atoms with Crippen LogP contribution in [0.5, 0.6) is 0 Å². The van der Waals surface area contributed by atoms with Gasteiger partial charge >= 0.3 is 0 Å². The van der Waals surface area contributed by atoms with Crippen molar-refractivity contribution in [3.05, 3.63) is 35.4 Å². The summed E-state index contributed by atoms with van der Waals surface area (Å²) in [6, 6.07) is 7.47. The van der Waals surface area contributed by atoms with E-state index in [0.29, 0.717) is 12.1 Å². The lowest BCUT2D eigenvalue weighted by Gasteiger charge is -2.13. The molecule has 0 aliphatic rings. The van der Waals surface area contributed by atoms with Crippen LogP contribution >= 0.6 is 0 Å². The molecule has 0 fully saturated rings. The Bertz CT molecular complexity index is 376. The second-order valence-electron chi connectivity index (χ2n) is 3.23. The van der Waals surface area contributed by atoms with Crippen molar-refractivity contribution in [3.63, 3.8) is 0 Å². The van der Waals surface area contributed by atoms with Gasteiger partial charge in [0.1, 0.15) is 0 Å². The molecule has 0 aliphatic carbocycles. The van der Waals surface area contributed by atoms with Crippen LogP contribution in [-0.2, 0) is 0 Å². The Labute approximate surface area is 84.5 Å². The fourth-order valence-corrected chi connectivity index (χ4v) is 1.21. The van der Waals surface area contributed by atoms with Gasteiger partial charge in [-0.25, -0.2) is 0 Å². The summed E-state index contributed by atoms with van der Waals surface area (Å²) in [5.41, 5.74) is 1.76. The predicted octanol–water partition coefficient (Wildman–Crippen LogP) is 1.70. The van der Waals surface area contributed by atoms with Crippen LogP contribution < -0.4 is 0 Å². The number of aryl methyl sites for hydroxylation is 1. The molecule has 0 bridgehead atoms. The highest BCUT2D eigenvalue weighted by atomic mass is 16.2. The van der Waals surface area contributed by atoms with E-state index in [9.17, 15) is 4.79 Å². The van der Waals surface area contributed by atoms with Crippen LogP contribution in [0.3, 0.4) is 0 Å². The number of hydrogen-bond acceptors (Lipinski definition) is 1. The smallest absolute Gasteiger partial charge is 0.254 e. The zero-order valence-corrected chi connectivity index (χ0v) is 8.45. The van der Waals surface area contributed by atoms with Gasteiger partial charge in [0.2, 0.25) is 0 Å². The van der Waals surface area contributed by atoms with Gasteiger partial charge in [-0.05, 0) is 19.1 Å². The molecule has 1 rings (SSSR count). The third kappa shape index (κ3) is 2.37. The number of carbonyl (C=O) groups excluding carboxylic acids is 1. The van der Waals surface area contributed by atoms with E-state index < -0.39 is 0 Å². The van der Waals surface area contributed by atoms with Crippen molar-refractivity contribution in [1.29, 1.82) is 0 Å². The molecular formula is C12H13NO. The van der Waals surface area contributed by atoms with Gasteiger partial charge in [0.15, 0.2) is 0 Å². The van der Waals surface area contributed by atoms with Gasteiger partial charge in [-0.3, -0.25) is 4.79 Å². The van der Waals surface area contributed by atoms with Gasteiger partial charge in [0, 0.05) is 12.6 Å². The predicted molar refractivity (Wildman–Crippen MR) is 57.0 cm³/mol. The van der Waals surface area contributed by atoms with E-state index in [4.69, 9.17) is 6.42 Å². The van der Waals surface area contributed by atoms with Crippen molar-refractivity contribution in [2.75, 3.05) is 13.6 Å². The second kappa shape index (κ2) is 4.48. The lowest BCUT2D eigenvalue weighted by atomic mass is 10.1. The molecule has 2 nitrogen and oxygen atoms in total. The first-order valence-electron chi connectivity index (χ1n) is 4.40. The summed E-state index contributed by atoms with van der Waals surface area (Å²) in [6.45, 7) is 2.30. The minimum Gasteiger partial charge on any atom is -0.331 e. The van der Waals surface area contributed by atoms with Crippen LogP contribution in [-0.4, -0.2) is 24.4 Å². The Morgan fingerprint density at radius 3 is 2.86 bits per heavy atom. The van der Waals surface area contributed by atoms with Gasteiger partial charge in [0.25, 0.3) is 5.91 Å². The number of terminal acetylenes is 1. The molecule has 0 heterocycles. The molecule has 0 saturated heterocycles. The van der Waals surface area contributed by atoms with Gasteiger partial charge in [-0.2, -0.15) is 0 Å². The number of rotatable bonds is 2. The van der Waals surface area contributed by atoms with Crippen LogP contribution in [0.2, 0.25) is 0 Å². The Morgan fingerprint density at radius 1 is 1.57 bits per heavy atom. The quantitative estimate of drug-likeness (QED) is 0.645. The molecule has 0 N–H and O–H groups in total. The first kappa shape index (κ1) is 10.3. The van der Waals surface area contributed by atoms with Crippen LogP contribution in [0.25, 0.3) is 0 Å². The van der Waals surface area contributed by atoms with Gasteiger partial charge < -0.3 is 4.90 Å². The lowest BCUT2D eigenvalue weighted by Crippen LogP contribution is -2.26. The topological polar surface area (TPSA) is 20.3 Å². The van der Waals surface area contributed by atoms with E-state index in [1.165, 1.54) is 4.90 Å². The summed E-state index contributed by atoms with van der Waals surface area (Å²) < 4.78 is 0. The molecule has 0 unspecified atom stereocenters. The number of amides is 1. The lowest BCUT2D eigenvalue weighted by molar-refractivity contribution is 0.0812. The van der Waals surface area contributed by atoms with E-state index in [1.54, 1.807) is 13.1 Å². The first-order chi connectivity index (χ1) is 6.65. The summed E-state index contributed by atoms with van der Waals surface area (Å²) in [4.78, 5) is 13.2. The SMILES string of the molecule is C#CCN(C)C(=O)c1cccc(C)c1. The molecule has 72 valence electrons. The Balaban J connectivity index is 2.85. The van der Waals surface area contributed by atoms with Gasteiger partial charge in [-0.15, -0.1) is 6.42 Å². The van der Waals surface area contributed by atoms with Crippen LogP contribution in [0.15, 0.2) is 24.3 Å². The van der Waals surface area contributed by atoms with E-state index in [0.717, 1.165) is 5.56 Å². The third-order valence-electron chi connectivity index (χ3n) is 1.94. The average molecular weight is 187 g/mol. The van der Waals surface area contributed by atoms with Crippen LogP contribution in [0.1, 0.15) is 15.9 Å². The molecule has 0 radical (unpaired) electrons. The normalized spacial score (nSPS) is 9.21. The zero-order valence-electron chi connectivity index (χ0n) is 8.45. The standard InChI is InChI=1S/C12H13NO/c1-4-8-13(3)12(14)11-7-5-6-10(2)9-11/h1,5-7,9H,8H2,2-3H3. The minimum atomic E-state index is -0.0355. The Morgan fingerprint density at radius 2 is 2.29 bits per heavy atom. The first-order valence-corrected chi connectivity index (χ1v) is 4.40. The highest BCUT2D eigenvalue weighted by molar-refractivity contribution is 5.94. The van der Waals surface area contributed by atoms with Crippen molar-refractivity contribution >= 4 is 5.91 Å². The number of carbonyl (C=O) groups is 1. The van der Waals surface area contributed by atoms with Crippen LogP contribution in [0, 0.1) is 19.3 Å². The highest BCUT2D eigenvalue weighted by Gasteiger charge is 2.09. The van der Waals surface area contributed by atoms with E-state index in [-0.39, 0.29) is 5.91 Å². The maximum atomic E-state index is 11.7. The van der Waals surface area contributed by atoms with Crippen molar-refractivity contribution in [3.8, 4) is 12.3 Å². The fraction of sp³-hybridized carbons (Fsp3) is 0.250. The third-order valence-corrected chi connectivity index (χ3v) is 1.94. The molecule has 0 aliphatic heterocycles. The summed E-state index contributed by atoms with van der Waals surface area (Å²) >= 11 is 0. The second-order valence-corrected chi connectivity index (χ2v) is 3.23. The van der Waals surface area contributed by atoms with Gasteiger partial charge in [0.05, 0.1) is 6.54 Å². The van der Waals surface area contributed by atoms with E-state index in [2.05, 4.69) is 5.92 Å². The van der Waals surface area contributed by atoms with Crippen molar-refractivity contribution in [2.45, 2.75) is 6.92 Å². The molecular weight excluding hydrogens is 174 g/mol. The largest absolute Gasteiger partial charge is 0.331 e. The van der Waals surface area contributed by atoms with Crippen molar-refractivity contribution in [2.24, 2.45) is 0 Å². The van der Waals surface area contributed by atoms with Crippen LogP contribution in [0.4, 0.5) is 0 Å². The minimum absolute atomic E-state index is 0.0355. The summed E-state index contributed by atoms with van der Waals surface area (Å²) in [5.74, 6) is 2.40. The molecule has 1 aromatic rings. The van der Waals surface area contributed by atoms with Crippen molar-refractivity contribution < 1.29 is 4.79 Å². The molecule has 0 spiro atoms. The monoisotopic (exact) mass is 187 g/mol. The maximum absolute atomic E-state index is 11.7. The number of benzene rings is 1. The summed E-state index contributed by atoms with van der Waals surface area (Å²) in [6.07, 6.45) is 5.13. The Kier molecular flexibility index (Phi) is 3.30. The number of nitrogens with zero attached hydrogens (tertiary/aromatic N) is 1. The average Bonchev–Trinajstić information content (AvgIpc) is 2.17. The summed E-state index contributed by atoms with van der Waals surface area (Å²) in [7, 11) is 1.70. The number of hydrogen-bond donors (Lipinski definition) is 0. The summed E-state index contributed by atoms with van der Waals surface area (Å²) in [5, 5.41) is 0. The van der Waals surface area contributed by atoms with E-state index in [1.807, 2.05) is 25.1 Å². The molecule has 0 aromatic heterocycles.